The highest BCUT2D eigenvalue weighted by Gasteiger charge is 2.17. The van der Waals surface area contributed by atoms with E-state index >= 15 is 0 Å². The minimum absolute atomic E-state index is 0.0189. The highest BCUT2D eigenvalue weighted by molar-refractivity contribution is 7.99. The van der Waals surface area contributed by atoms with Gasteiger partial charge in [-0.3, -0.25) is 24.5 Å². The number of thioether (sulfide) groups is 1. The second-order valence-electron chi connectivity index (χ2n) is 7.33. The lowest BCUT2D eigenvalue weighted by Crippen LogP contribution is -2.22. The van der Waals surface area contributed by atoms with Gasteiger partial charge in [0.2, 0.25) is 5.91 Å². The first kappa shape index (κ1) is 23.1. The van der Waals surface area contributed by atoms with Crippen molar-refractivity contribution in [3.8, 4) is 17.1 Å². The number of hydrogen-bond donors (Lipinski definition) is 1. The Morgan fingerprint density at radius 2 is 1.76 bits per heavy atom. The molecule has 1 N–H and O–H groups in total. The second-order valence-corrected chi connectivity index (χ2v) is 8.39. The minimum Gasteiger partial charge on any atom is -0.350 e. The number of para-hydroxylation sites is 1. The molecule has 2 aromatic carbocycles. The summed E-state index contributed by atoms with van der Waals surface area (Å²) in [6.45, 7) is 0.410. The van der Waals surface area contributed by atoms with Gasteiger partial charge in [0, 0.05) is 41.8 Å². The summed E-state index contributed by atoms with van der Waals surface area (Å²) >= 11 is 1.51. The summed E-state index contributed by atoms with van der Waals surface area (Å²) in [5.41, 5.74) is 2.45. The summed E-state index contributed by atoms with van der Waals surface area (Å²) in [7, 11) is 0. The van der Waals surface area contributed by atoms with E-state index < -0.39 is 4.92 Å². The Kier molecular flexibility index (Phi) is 7.61. The lowest BCUT2D eigenvalue weighted by molar-refractivity contribution is -0.384. The molecule has 2 heterocycles. The Labute approximate surface area is 200 Å². The smallest absolute Gasteiger partial charge is 0.269 e. The van der Waals surface area contributed by atoms with Crippen LogP contribution in [0.25, 0.3) is 17.1 Å². The van der Waals surface area contributed by atoms with Crippen molar-refractivity contribution >= 4 is 23.4 Å². The van der Waals surface area contributed by atoms with Gasteiger partial charge >= 0.3 is 0 Å². The Morgan fingerprint density at radius 1 is 1.00 bits per heavy atom. The molecule has 1 amide bonds. The molecule has 0 aliphatic carbocycles. The molecule has 0 spiro atoms. The van der Waals surface area contributed by atoms with Crippen LogP contribution in [0.1, 0.15) is 18.5 Å². The van der Waals surface area contributed by atoms with Crippen molar-refractivity contribution in [2.24, 2.45) is 0 Å². The van der Waals surface area contributed by atoms with Crippen LogP contribution in [-0.4, -0.2) is 36.3 Å². The number of non-ortho nitro benzene ring substituents is 1. The van der Waals surface area contributed by atoms with Crippen molar-refractivity contribution in [3.63, 3.8) is 0 Å². The predicted molar refractivity (Wildman–Crippen MR) is 129 cm³/mol. The fourth-order valence-corrected chi connectivity index (χ4v) is 4.16. The van der Waals surface area contributed by atoms with Crippen molar-refractivity contribution < 1.29 is 9.72 Å². The van der Waals surface area contributed by atoms with Crippen LogP contribution in [0.5, 0.6) is 0 Å². The number of carbonyl (C=O) groups excluding carboxylic acids is 1. The Hall–Kier alpha value is -4.05. The highest BCUT2D eigenvalue weighted by atomic mass is 32.2. The summed E-state index contributed by atoms with van der Waals surface area (Å²) in [6.07, 6.45) is 2.77. The average molecular weight is 475 g/mol. The van der Waals surface area contributed by atoms with E-state index in [4.69, 9.17) is 0 Å². The van der Waals surface area contributed by atoms with Crippen LogP contribution in [0.4, 0.5) is 5.69 Å². The van der Waals surface area contributed by atoms with E-state index in [-0.39, 0.29) is 11.6 Å². The number of carbonyl (C=O) groups is 1. The van der Waals surface area contributed by atoms with Gasteiger partial charge in [0.1, 0.15) is 0 Å². The number of nitrogens with one attached hydrogen (secondary N) is 1. The topological polar surface area (TPSA) is 116 Å². The fourth-order valence-electron chi connectivity index (χ4n) is 3.27. The van der Waals surface area contributed by atoms with E-state index in [0.29, 0.717) is 36.1 Å². The monoisotopic (exact) mass is 474 g/mol. The highest BCUT2D eigenvalue weighted by Crippen LogP contribution is 2.29. The molecule has 34 heavy (non-hydrogen) atoms. The molecule has 0 radical (unpaired) electrons. The Morgan fingerprint density at radius 3 is 2.47 bits per heavy atom. The van der Waals surface area contributed by atoms with Crippen molar-refractivity contribution in [2.75, 3.05) is 5.75 Å². The SMILES string of the molecule is O=C(CCCSc1nnc(-c2ccc([N+](=O)[O-])cc2)n1-c1ccccc1)NCc1ccccn1. The third kappa shape index (κ3) is 5.84. The van der Waals surface area contributed by atoms with Gasteiger partial charge in [-0.2, -0.15) is 0 Å². The normalized spacial score (nSPS) is 10.7. The second kappa shape index (κ2) is 11.2. The maximum absolute atomic E-state index is 12.2. The van der Waals surface area contributed by atoms with E-state index in [1.165, 1.54) is 23.9 Å². The van der Waals surface area contributed by atoms with Crippen LogP contribution in [0.2, 0.25) is 0 Å². The molecule has 0 aliphatic rings. The molecule has 0 atom stereocenters. The maximum atomic E-state index is 12.2. The molecule has 4 aromatic rings. The van der Waals surface area contributed by atoms with Gasteiger partial charge in [0.25, 0.3) is 5.69 Å². The van der Waals surface area contributed by atoms with Crippen molar-refractivity contribution in [1.29, 1.82) is 0 Å². The first-order valence-corrected chi connectivity index (χ1v) is 11.7. The van der Waals surface area contributed by atoms with Crippen LogP contribution in [-0.2, 0) is 11.3 Å². The number of aromatic nitrogens is 4. The molecule has 9 nitrogen and oxygen atoms in total. The van der Waals surface area contributed by atoms with Crippen molar-refractivity contribution in [3.05, 3.63) is 94.8 Å². The molecule has 2 aromatic heterocycles. The third-order valence-electron chi connectivity index (χ3n) is 4.96. The molecular weight excluding hydrogens is 452 g/mol. The Bertz CT molecular complexity index is 1250. The van der Waals surface area contributed by atoms with Crippen molar-refractivity contribution in [2.45, 2.75) is 24.5 Å². The largest absolute Gasteiger partial charge is 0.350 e. The average Bonchev–Trinajstić information content (AvgIpc) is 3.30. The lowest BCUT2D eigenvalue weighted by atomic mass is 10.2. The third-order valence-corrected chi connectivity index (χ3v) is 5.97. The summed E-state index contributed by atoms with van der Waals surface area (Å²) in [4.78, 5) is 26.9. The molecule has 4 rings (SSSR count). The number of pyridine rings is 1. The van der Waals surface area contributed by atoms with Gasteiger partial charge in [-0.05, 0) is 42.8 Å². The first-order chi connectivity index (χ1) is 16.6. The molecule has 0 fully saturated rings. The van der Waals surface area contributed by atoms with Crippen LogP contribution in [0.15, 0.2) is 84.1 Å². The Balaban J connectivity index is 1.41. The summed E-state index contributed by atoms with van der Waals surface area (Å²) in [5.74, 6) is 1.25. The summed E-state index contributed by atoms with van der Waals surface area (Å²) in [6, 6.07) is 21.5. The van der Waals surface area contributed by atoms with Crippen LogP contribution in [0, 0.1) is 10.1 Å². The number of amides is 1. The molecule has 0 aliphatic heterocycles. The van der Waals surface area contributed by atoms with E-state index in [1.54, 1.807) is 18.3 Å². The van der Waals surface area contributed by atoms with Gasteiger partial charge in [0.05, 0.1) is 17.2 Å². The fraction of sp³-hybridized carbons (Fsp3) is 0.167. The van der Waals surface area contributed by atoms with E-state index in [0.717, 1.165) is 16.9 Å². The molecular formula is C24H22N6O3S. The molecule has 0 bridgehead atoms. The number of nitro benzene ring substituents is 1. The van der Waals surface area contributed by atoms with Crippen LogP contribution in [0.3, 0.4) is 0 Å². The van der Waals surface area contributed by atoms with E-state index in [1.807, 2.05) is 53.1 Å². The number of hydrogen-bond acceptors (Lipinski definition) is 7. The first-order valence-electron chi connectivity index (χ1n) is 10.7. The van der Waals surface area contributed by atoms with E-state index in [9.17, 15) is 14.9 Å². The maximum Gasteiger partial charge on any atom is 0.269 e. The van der Waals surface area contributed by atoms with Crippen LogP contribution >= 0.6 is 11.8 Å². The standard InChI is InChI=1S/C24H22N6O3S/c31-22(26-17-19-7-4-5-15-25-19)10-6-16-34-24-28-27-23(29(24)20-8-2-1-3-9-20)18-11-13-21(14-12-18)30(32)33/h1-5,7-9,11-15H,6,10,16-17H2,(H,26,31). The summed E-state index contributed by atoms with van der Waals surface area (Å²) < 4.78 is 1.92. The predicted octanol–water partition coefficient (Wildman–Crippen LogP) is 4.43. The number of nitrogens with zero attached hydrogens (tertiary/aromatic N) is 5. The lowest BCUT2D eigenvalue weighted by Gasteiger charge is -2.10. The quantitative estimate of drug-likeness (QED) is 0.156. The molecule has 0 unspecified atom stereocenters. The van der Waals surface area contributed by atoms with Crippen LogP contribution < -0.4 is 5.32 Å². The van der Waals surface area contributed by atoms with Gasteiger partial charge < -0.3 is 5.32 Å². The molecule has 0 saturated heterocycles. The summed E-state index contributed by atoms with van der Waals surface area (Å²) in [5, 5.41) is 23.3. The molecule has 10 heteroatoms. The zero-order valence-corrected chi connectivity index (χ0v) is 19.0. The number of rotatable bonds is 10. The molecule has 0 saturated carbocycles. The van der Waals surface area contributed by atoms with Gasteiger partial charge in [-0.1, -0.05) is 36.0 Å². The van der Waals surface area contributed by atoms with Gasteiger partial charge in [-0.15, -0.1) is 10.2 Å². The zero-order valence-electron chi connectivity index (χ0n) is 18.2. The van der Waals surface area contributed by atoms with Gasteiger partial charge in [0.15, 0.2) is 11.0 Å². The van der Waals surface area contributed by atoms with Gasteiger partial charge in [-0.25, -0.2) is 0 Å². The van der Waals surface area contributed by atoms with E-state index in [2.05, 4.69) is 20.5 Å². The minimum atomic E-state index is -0.431. The number of nitro groups is 1. The zero-order chi connectivity index (χ0) is 23.8. The van der Waals surface area contributed by atoms with Crippen molar-refractivity contribution in [1.82, 2.24) is 25.1 Å². The number of benzene rings is 2. The molecule has 172 valence electrons.